The van der Waals surface area contributed by atoms with Gasteiger partial charge in [0.1, 0.15) is 11.8 Å². The van der Waals surface area contributed by atoms with E-state index in [4.69, 9.17) is 4.74 Å². The molecule has 7 heteroatoms. The second kappa shape index (κ2) is 8.31. The molecule has 1 atom stereocenters. The van der Waals surface area contributed by atoms with Crippen LogP contribution in [0.4, 0.5) is 0 Å². The maximum Gasteiger partial charge on any atom is 0.243 e. The van der Waals surface area contributed by atoms with Crippen molar-refractivity contribution in [3.8, 4) is 5.75 Å². The van der Waals surface area contributed by atoms with Crippen molar-refractivity contribution in [1.82, 2.24) is 15.2 Å². The molecule has 1 N–H and O–H groups in total. The Labute approximate surface area is 157 Å². The van der Waals surface area contributed by atoms with Crippen LogP contribution in [0.5, 0.6) is 5.75 Å². The first-order chi connectivity index (χ1) is 12.6. The third-order valence-electron chi connectivity index (χ3n) is 4.48. The molecule has 2 heterocycles. The van der Waals surface area contributed by atoms with E-state index in [1.54, 1.807) is 23.3 Å². The predicted molar refractivity (Wildman–Crippen MR) is 100 cm³/mol. The molecule has 0 saturated carbocycles. The summed E-state index contributed by atoms with van der Waals surface area (Å²) in [7, 11) is 1.60. The lowest BCUT2D eigenvalue weighted by Gasteiger charge is -2.24. The van der Waals surface area contributed by atoms with Gasteiger partial charge in [0.25, 0.3) is 0 Å². The molecule has 1 saturated heterocycles. The summed E-state index contributed by atoms with van der Waals surface area (Å²) in [6, 6.07) is 7.07. The van der Waals surface area contributed by atoms with E-state index in [0.717, 1.165) is 28.4 Å². The van der Waals surface area contributed by atoms with Gasteiger partial charge in [-0.15, -0.1) is 11.3 Å². The van der Waals surface area contributed by atoms with Gasteiger partial charge >= 0.3 is 0 Å². The van der Waals surface area contributed by atoms with Gasteiger partial charge in [0.15, 0.2) is 0 Å². The Balaban J connectivity index is 1.59. The first-order valence-electron chi connectivity index (χ1n) is 8.68. The molecule has 0 spiro atoms. The highest BCUT2D eigenvalue weighted by Crippen LogP contribution is 2.20. The predicted octanol–water partition coefficient (Wildman–Crippen LogP) is 2.31. The van der Waals surface area contributed by atoms with Gasteiger partial charge in [-0.25, -0.2) is 4.98 Å². The van der Waals surface area contributed by atoms with Crippen LogP contribution in [0.3, 0.4) is 0 Å². The average Bonchev–Trinajstić information content (AvgIpc) is 3.29. The Morgan fingerprint density at radius 2 is 2.27 bits per heavy atom. The van der Waals surface area contributed by atoms with Crippen molar-refractivity contribution in [2.45, 2.75) is 38.8 Å². The summed E-state index contributed by atoms with van der Waals surface area (Å²) in [6.45, 7) is 2.96. The minimum absolute atomic E-state index is 0.0274. The number of hydrogen-bond donors (Lipinski definition) is 1. The number of ether oxygens (including phenoxy) is 1. The number of aromatic nitrogens is 1. The minimum atomic E-state index is -0.396. The van der Waals surface area contributed by atoms with Crippen molar-refractivity contribution in [2.75, 3.05) is 13.7 Å². The Bertz CT molecular complexity index is 790. The maximum atomic E-state index is 12.7. The van der Waals surface area contributed by atoms with Crippen molar-refractivity contribution in [1.29, 1.82) is 0 Å². The zero-order chi connectivity index (χ0) is 18.5. The number of benzene rings is 1. The number of likely N-dealkylation sites (tertiary alicyclic amines) is 1. The summed E-state index contributed by atoms with van der Waals surface area (Å²) in [6.07, 6.45) is 1.82. The number of aryl methyl sites for hydroxylation is 1. The molecule has 26 heavy (non-hydrogen) atoms. The highest BCUT2D eigenvalue weighted by molar-refractivity contribution is 7.09. The summed E-state index contributed by atoms with van der Waals surface area (Å²) in [5.74, 6) is 0.595. The van der Waals surface area contributed by atoms with Crippen LogP contribution in [0, 0.1) is 6.92 Å². The summed E-state index contributed by atoms with van der Waals surface area (Å²) in [5, 5.41) is 5.83. The third-order valence-corrected chi connectivity index (χ3v) is 5.30. The number of rotatable bonds is 6. The molecule has 138 valence electrons. The van der Waals surface area contributed by atoms with Gasteiger partial charge in [0.2, 0.25) is 11.8 Å². The van der Waals surface area contributed by atoms with Crippen LogP contribution in [-0.4, -0.2) is 41.4 Å². The van der Waals surface area contributed by atoms with Gasteiger partial charge < -0.3 is 15.0 Å². The number of methoxy groups -OCH3 is 1. The van der Waals surface area contributed by atoms with Crippen LogP contribution >= 0.6 is 11.3 Å². The van der Waals surface area contributed by atoms with Crippen molar-refractivity contribution in [2.24, 2.45) is 0 Å². The molecule has 1 fully saturated rings. The molecule has 0 bridgehead atoms. The standard InChI is InChI=1S/C19H23N3O3S/c1-13-21-15(12-26-13)11-20-19(24)17-7-4-8-22(17)18(23)10-14-5-3-6-16(9-14)25-2/h3,5-6,9,12,17H,4,7-8,10-11H2,1-2H3,(H,20,24)/t17-/m1/s1. The molecule has 2 amide bonds. The molecule has 1 aromatic carbocycles. The topological polar surface area (TPSA) is 71.5 Å². The average molecular weight is 373 g/mol. The normalized spacial score (nSPS) is 16.5. The summed E-state index contributed by atoms with van der Waals surface area (Å²) in [4.78, 5) is 31.3. The molecular weight excluding hydrogens is 350 g/mol. The second-order valence-electron chi connectivity index (χ2n) is 6.35. The van der Waals surface area contributed by atoms with E-state index in [1.807, 2.05) is 36.6 Å². The lowest BCUT2D eigenvalue weighted by Crippen LogP contribution is -2.46. The van der Waals surface area contributed by atoms with Crippen LogP contribution in [0.1, 0.15) is 29.1 Å². The lowest BCUT2D eigenvalue weighted by molar-refractivity contribution is -0.138. The maximum absolute atomic E-state index is 12.7. The number of carbonyl (C=O) groups is 2. The molecular formula is C19H23N3O3S. The van der Waals surface area contributed by atoms with Crippen LogP contribution in [0.15, 0.2) is 29.6 Å². The second-order valence-corrected chi connectivity index (χ2v) is 7.41. The summed E-state index contributed by atoms with van der Waals surface area (Å²) in [5.41, 5.74) is 1.74. The first kappa shape index (κ1) is 18.4. The van der Waals surface area contributed by atoms with Gasteiger partial charge in [-0.2, -0.15) is 0 Å². The van der Waals surface area contributed by atoms with E-state index < -0.39 is 6.04 Å². The fourth-order valence-corrected chi connectivity index (χ4v) is 3.79. The number of amides is 2. The van der Waals surface area contributed by atoms with Crippen molar-refractivity contribution in [3.05, 3.63) is 45.9 Å². The molecule has 0 aliphatic carbocycles. The van der Waals surface area contributed by atoms with Crippen LogP contribution in [0.2, 0.25) is 0 Å². The monoisotopic (exact) mass is 373 g/mol. The number of thiazole rings is 1. The van der Waals surface area contributed by atoms with E-state index >= 15 is 0 Å². The van der Waals surface area contributed by atoms with E-state index in [9.17, 15) is 9.59 Å². The molecule has 0 radical (unpaired) electrons. The Hall–Kier alpha value is -2.41. The zero-order valence-corrected chi connectivity index (χ0v) is 15.8. The van der Waals surface area contributed by atoms with Crippen molar-refractivity contribution >= 4 is 23.2 Å². The number of nitrogens with zero attached hydrogens (tertiary/aromatic N) is 2. The van der Waals surface area contributed by atoms with Gasteiger partial charge in [-0.3, -0.25) is 9.59 Å². The van der Waals surface area contributed by atoms with Gasteiger partial charge in [-0.05, 0) is 37.5 Å². The highest BCUT2D eigenvalue weighted by Gasteiger charge is 2.33. The van der Waals surface area contributed by atoms with E-state index in [-0.39, 0.29) is 18.2 Å². The van der Waals surface area contributed by atoms with Gasteiger partial charge in [-0.1, -0.05) is 12.1 Å². The van der Waals surface area contributed by atoms with Gasteiger partial charge in [0, 0.05) is 11.9 Å². The number of hydrogen-bond acceptors (Lipinski definition) is 5. The molecule has 1 aromatic heterocycles. The lowest BCUT2D eigenvalue weighted by atomic mass is 10.1. The molecule has 2 aromatic rings. The molecule has 1 aliphatic heterocycles. The Morgan fingerprint density at radius 1 is 1.42 bits per heavy atom. The van der Waals surface area contributed by atoms with Crippen LogP contribution in [0.25, 0.3) is 0 Å². The highest BCUT2D eigenvalue weighted by atomic mass is 32.1. The molecule has 3 rings (SSSR count). The SMILES string of the molecule is COc1cccc(CC(=O)N2CCC[C@@H]2C(=O)NCc2csc(C)n2)c1. The smallest absolute Gasteiger partial charge is 0.243 e. The fraction of sp³-hybridized carbons (Fsp3) is 0.421. The molecule has 6 nitrogen and oxygen atoms in total. The van der Waals surface area contributed by atoms with Crippen molar-refractivity contribution in [3.63, 3.8) is 0 Å². The van der Waals surface area contributed by atoms with E-state index in [0.29, 0.717) is 19.5 Å². The van der Waals surface area contributed by atoms with Crippen LogP contribution < -0.4 is 10.1 Å². The largest absolute Gasteiger partial charge is 0.497 e. The Kier molecular flexibility index (Phi) is 5.88. The van der Waals surface area contributed by atoms with E-state index in [1.165, 1.54) is 0 Å². The fourth-order valence-electron chi connectivity index (χ4n) is 3.18. The van der Waals surface area contributed by atoms with Crippen LogP contribution in [-0.2, 0) is 22.6 Å². The summed E-state index contributed by atoms with van der Waals surface area (Å²) >= 11 is 1.56. The molecule has 0 unspecified atom stereocenters. The summed E-state index contributed by atoms with van der Waals surface area (Å²) < 4.78 is 5.20. The number of nitrogens with one attached hydrogen (secondary N) is 1. The molecule has 1 aliphatic rings. The Morgan fingerprint density at radius 3 is 3.00 bits per heavy atom. The third kappa shape index (κ3) is 4.40. The van der Waals surface area contributed by atoms with Gasteiger partial charge in [0.05, 0.1) is 30.8 Å². The minimum Gasteiger partial charge on any atom is -0.497 e. The van der Waals surface area contributed by atoms with E-state index in [2.05, 4.69) is 10.3 Å². The number of carbonyl (C=O) groups excluding carboxylic acids is 2. The quantitative estimate of drug-likeness (QED) is 0.843. The zero-order valence-electron chi connectivity index (χ0n) is 15.0. The first-order valence-corrected chi connectivity index (χ1v) is 9.56. The van der Waals surface area contributed by atoms with Crippen molar-refractivity contribution < 1.29 is 14.3 Å².